The summed E-state index contributed by atoms with van der Waals surface area (Å²) in [6, 6.07) is -0.107. The van der Waals surface area contributed by atoms with Crippen molar-refractivity contribution in [2.75, 3.05) is 33.7 Å². The first kappa shape index (κ1) is 13.0. The number of carbonyl (C=O) groups excluding carboxylic acids is 1. The van der Waals surface area contributed by atoms with Gasteiger partial charge in [-0.1, -0.05) is 10.3 Å². The van der Waals surface area contributed by atoms with Gasteiger partial charge in [0.2, 0.25) is 5.91 Å². The zero-order valence-corrected chi connectivity index (χ0v) is 11.0. The van der Waals surface area contributed by atoms with Crippen LogP contribution in [0.1, 0.15) is 11.4 Å². The fraction of sp³-hybridized carbons (Fsp3) is 0.727. The Kier molecular flexibility index (Phi) is 3.93. The lowest BCUT2D eigenvalue weighted by Gasteiger charge is -2.36. The standard InChI is InChI=1S/C11H19N5O2/c1-8-9(14-18-13-8)6-12-11(17)10-7-15(2)4-5-16(10)3/h10H,4-7H2,1-3H3,(H,12,17)/t10-/m0/s1. The highest BCUT2D eigenvalue weighted by molar-refractivity contribution is 5.82. The highest BCUT2D eigenvalue weighted by atomic mass is 16.6. The summed E-state index contributed by atoms with van der Waals surface area (Å²) in [5, 5.41) is 10.3. The molecular weight excluding hydrogens is 234 g/mol. The molecule has 2 rings (SSSR count). The maximum Gasteiger partial charge on any atom is 0.239 e. The number of rotatable bonds is 3. The van der Waals surface area contributed by atoms with Gasteiger partial charge in [-0.15, -0.1) is 0 Å². The molecule has 1 atom stereocenters. The van der Waals surface area contributed by atoms with E-state index in [9.17, 15) is 4.79 Å². The van der Waals surface area contributed by atoms with E-state index in [1.54, 1.807) is 6.92 Å². The first-order valence-corrected chi connectivity index (χ1v) is 6.02. The lowest BCUT2D eigenvalue weighted by molar-refractivity contribution is -0.128. The number of hydrogen-bond donors (Lipinski definition) is 1. The molecule has 0 aromatic carbocycles. The molecule has 1 saturated heterocycles. The van der Waals surface area contributed by atoms with Gasteiger partial charge >= 0.3 is 0 Å². The van der Waals surface area contributed by atoms with Crippen molar-refractivity contribution in [3.63, 3.8) is 0 Å². The number of aryl methyl sites for hydroxylation is 1. The summed E-state index contributed by atoms with van der Waals surface area (Å²) < 4.78 is 4.59. The quantitative estimate of drug-likeness (QED) is 0.763. The van der Waals surface area contributed by atoms with Gasteiger partial charge in [-0.3, -0.25) is 9.69 Å². The van der Waals surface area contributed by atoms with E-state index in [1.165, 1.54) is 0 Å². The van der Waals surface area contributed by atoms with Crippen LogP contribution < -0.4 is 5.32 Å². The fourth-order valence-electron chi connectivity index (χ4n) is 1.99. The van der Waals surface area contributed by atoms with Gasteiger partial charge < -0.3 is 10.2 Å². The number of carbonyl (C=O) groups is 1. The zero-order valence-electron chi connectivity index (χ0n) is 11.0. The second kappa shape index (κ2) is 5.45. The monoisotopic (exact) mass is 253 g/mol. The van der Waals surface area contributed by atoms with Gasteiger partial charge in [0.15, 0.2) is 0 Å². The third-order valence-electron chi connectivity index (χ3n) is 3.33. The minimum absolute atomic E-state index is 0.0199. The van der Waals surface area contributed by atoms with Crippen molar-refractivity contribution in [1.29, 1.82) is 0 Å². The highest BCUT2D eigenvalue weighted by Gasteiger charge is 2.28. The largest absolute Gasteiger partial charge is 0.349 e. The smallest absolute Gasteiger partial charge is 0.239 e. The maximum absolute atomic E-state index is 12.1. The van der Waals surface area contributed by atoms with E-state index in [2.05, 4.69) is 30.1 Å². The molecule has 1 aromatic heterocycles. The van der Waals surface area contributed by atoms with Crippen LogP contribution in [0.4, 0.5) is 0 Å². The Morgan fingerprint density at radius 1 is 1.44 bits per heavy atom. The molecule has 1 aromatic rings. The molecule has 1 aliphatic heterocycles. The van der Waals surface area contributed by atoms with Crippen LogP contribution in [0.3, 0.4) is 0 Å². The summed E-state index contributed by atoms with van der Waals surface area (Å²) in [5.41, 5.74) is 1.39. The Bertz CT molecular complexity index is 419. The van der Waals surface area contributed by atoms with E-state index in [4.69, 9.17) is 0 Å². The molecule has 1 aliphatic rings. The van der Waals surface area contributed by atoms with Gasteiger partial charge in [-0.25, -0.2) is 4.63 Å². The van der Waals surface area contributed by atoms with Crippen molar-refractivity contribution >= 4 is 5.91 Å². The molecule has 2 heterocycles. The topological polar surface area (TPSA) is 74.5 Å². The minimum atomic E-state index is -0.107. The van der Waals surface area contributed by atoms with E-state index in [-0.39, 0.29) is 11.9 Å². The maximum atomic E-state index is 12.1. The van der Waals surface area contributed by atoms with Gasteiger partial charge in [0.1, 0.15) is 17.4 Å². The number of amides is 1. The minimum Gasteiger partial charge on any atom is -0.349 e. The average molecular weight is 253 g/mol. The van der Waals surface area contributed by atoms with Gasteiger partial charge in [0.25, 0.3) is 0 Å². The van der Waals surface area contributed by atoms with E-state index < -0.39 is 0 Å². The molecule has 1 amide bonds. The van der Waals surface area contributed by atoms with Crippen molar-refractivity contribution < 1.29 is 9.42 Å². The summed E-state index contributed by atoms with van der Waals surface area (Å²) in [5.74, 6) is 0.0199. The van der Waals surface area contributed by atoms with Crippen molar-refractivity contribution in [3.8, 4) is 0 Å². The van der Waals surface area contributed by atoms with Crippen LogP contribution in [0, 0.1) is 6.92 Å². The van der Waals surface area contributed by atoms with Crippen molar-refractivity contribution in [2.45, 2.75) is 19.5 Å². The predicted octanol–water partition coefficient (Wildman–Crippen LogP) is -0.760. The lowest BCUT2D eigenvalue weighted by atomic mass is 10.1. The van der Waals surface area contributed by atoms with E-state index in [0.29, 0.717) is 17.9 Å². The van der Waals surface area contributed by atoms with Crippen molar-refractivity contribution in [1.82, 2.24) is 25.4 Å². The van der Waals surface area contributed by atoms with Crippen LogP contribution in [0.25, 0.3) is 0 Å². The van der Waals surface area contributed by atoms with E-state index in [1.807, 2.05) is 14.1 Å². The van der Waals surface area contributed by atoms with Crippen molar-refractivity contribution in [2.24, 2.45) is 0 Å². The molecular formula is C11H19N5O2. The molecule has 0 radical (unpaired) electrons. The molecule has 18 heavy (non-hydrogen) atoms. The molecule has 1 fully saturated rings. The summed E-state index contributed by atoms with van der Waals surface area (Å²) in [4.78, 5) is 16.3. The van der Waals surface area contributed by atoms with Gasteiger partial charge in [0, 0.05) is 19.6 Å². The third kappa shape index (κ3) is 2.85. The molecule has 0 saturated carbocycles. The fourth-order valence-corrected chi connectivity index (χ4v) is 1.99. The third-order valence-corrected chi connectivity index (χ3v) is 3.33. The van der Waals surface area contributed by atoms with E-state index in [0.717, 1.165) is 19.6 Å². The Labute approximate surface area is 106 Å². The summed E-state index contributed by atoms with van der Waals surface area (Å²) in [6.45, 7) is 4.81. The number of hydrogen-bond acceptors (Lipinski definition) is 6. The Balaban J connectivity index is 1.89. The van der Waals surface area contributed by atoms with Gasteiger partial charge in [-0.2, -0.15) is 0 Å². The molecule has 0 aliphatic carbocycles. The summed E-state index contributed by atoms with van der Waals surface area (Å²) in [7, 11) is 4.00. The van der Waals surface area contributed by atoms with E-state index >= 15 is 0 Å². The van der Waals surface area contributed by atoms with Crippen LogP contribution >= 0.6 is 0 Å². The molecule has 7 nitrogen and oxygen atoms in total. The molecule has 1 N–H and O–H groups in total. The Hall–Kier alpha value is -1.47. The SMILES string of the molecule is Cc1nonc1CNC(=O)[C@@H]1CN(C)CCN1C. The first-order chi connectivity index (χ1) is 8.58. The van der Waals surface area contributed by atoms with Crippen molar-refractivity contribution in [3.05, 3.63) is 11.4 Å². The van der Waals surface area contributed by atoms with Gasteiger partial charge in [0.05, 0.1) is 6.54 Å². The number of nitrogens with zero attached hydrogens (tertiary/aromatic N) is 4. The van der Waals surface area contributed by atoms with Gasteiger partial charge in [-0.05, 0) is 21.0 Å². The highest BCUT2D eigenvalue weighted by Crippen LogP contribution is 2.06. The molecule has 7 heteroatoms. The first-order valence-electron chi connectivity index (χ1n) is 6.02. The molecule has 0 bridgehead atoms. The van der Waals surface area contributed by atoms with Crippen LogP contribution in [0.2, 0.25) is 0 Å². The average Bonchev–Trinajstić information content (AvgIpc) is 2.75. The number of piperazine rings is 1. The molecule has 100 valence electrons. The molecule has 0 unspecified atom stereocenters. The zero-order chi connectivity index (χ0) is 13.1. The van der Waals surface area contributed by atoms with Crippen LogP contribution in [0.5, 0.6) is 0 Å². The second-order valence-electron chi connectivity index (χ2n) is 4.77. The Morgan fingerprint density at radius 2 is 2.22 bits per heavy atom. The number of likely N-dealkylation sites (N-methyl/N-ethyl adjacent to an activating group) is 2. The number of nitrogens with one attached hydrogen (secondary N) is 1. The lowest BCUT2D eigenvalue weighted by Crippen LogP contribution is -2.56. The van der Waals surface area contributed by atoms with Crippen LogP contribution in [0.15, 0.2) is 4.63 Å². The molecule has 0 spiro atoms. The number of aromatic nitrogens is 2. The second-order valence-corrected chi connectivity index (χ2v) is 4.77. The normalized spacial score (nSPS) is 22.1. The predicted molar refractivity (Wildman–Crippen MR) is 64.8 cm³/mol. The Morgan fingerprint density at radius 3 is 2.89 bits per heavy atom. The summed E-state index contributed by atoms with van der Waals surface area (Å²) in [6.07, 6.45) is 0. The van der Waals surface area contributed by atoms with Crippen LogP contribution in [-0.4, -0.2) is 65.8 Å². The van der Waals surface area contributed by atoms with Crippen LogP contribution in [-0.2, 0) is 11.3 Å². The summed E-state index contributed by atoms with van der Waals surface area (Å²) >= 11 is 0.